The van der Waals surface area contributed by atoms with Gasteiger partial charge in [-0.2, -0.15) is 0 Å². The van der Waals surface area contributed by atoms with Gasteiger partial charge < -0.3 is 5.11 Å². The minimum absolute atomic E-state index is 0.117. The van der Waals surface area contributed by atoms with Crippen LogP contribution in [-0.4, -0.2) is 15.9 Å². The summed E-state index contributed by atoms with van der Waals surface area (Å²) in [5.74, 6) is 0.995. The molecule has 0 unspecified atom stereocenters. The number of aromatic nitrogens is 1. The molecular formula is C41H47N3O. The molecule has 4 aromatic rings. The van der Waals surface area contributed by atoms with Crippen molar-refractivity contribution in [1.29, 1.82) is 0 Å². The molecule has 1 aliphatic carbocycles. The van der Waals surface area contributed by atoms with Crippen molar-refractivity contribution in [3.05, 3.63) is 121 Å². The number of pyridine rings is 1. The van der Waals surface area contributed by atoms with E-state index in [1.165, 1.54) is 16.7 Å². The van der Waals surface area contributed by atoms with Crippen LogP contribution in [0.2, 0.25) is 0 Å². The highest BCUT2D eigenvalue weighted by atomic mass is 16.3. The topological polar surface area (TPSA) is 48.7 Å². The molecule has 1 heterocycles. The summed E-state index contributed by atoms with van der Waals surface area (Å²) in [7, 11) is 0. The van der Waals surface area contributed by atoms with Crippen molar-refractivity contribution < 1.29 is 5.11 Å². The third kappa shape index (κ3) is 6.11. The zero-order valence-electron chi connectivity index (χ0n) is 27.6. The fourth-order valence-corrected chi connectivity index (χ4v) is 6.76. The van der Waals surface area contributed by atoms with E-state index in [1.807, 2.05) is 24.3 Å². The van der Waals surface area contributed by atoms with E-state index in [4.69, 9.17) is 4.98 Å². The first kappa shape index (κ1) is 32.0. The Morgan fingerprint density at radius 1 is 0.867 bits per heavy atom. The molecule has 232 valence electrons. The van der Waals surface area contributed by atoms with Gasteiger partial charge in [0, 0.05) is 34.1 Å². The quantitative estimate of drug-likeness (QED) is 0.138. The largest absolute Gasteiger partial charge is 0.507 e. The maximum atomic E-state index is 11.3. The van der Waals surface area contributed by atoms with E-state index in [0.29, 0.717) is 11.6 Å². The second-order valence-corrected chi connectivity index (χ2v) is 13.1. The Labute approximate surface area is 269 Å². The van der Waals surface area contributed by atoms with Crippen LogP contribution in [0.1, 0.15) is 89.8 Å². The molecule has 0 amide bonds. The number of hydrogen-bond acceptors (Lipinski definition) is 3. The number of para-hydroxylation sites is 1. The molecule has 4 nitrogen and oxygen atoms in total. The van der Waals surface area contributed by atoms with Gasteiger partial charge in [0.15, 0.2) is 0 Å². The predicted molar refractivity (Wildman–Crippen MR) is 192 cm³/mol. The van der Waals surface area contributed by atoms with Crippen molar-refractivity contribution >= 4 is 17.2 Å². The first-order valence-electron chi connectivity index (χ1n) is 16.3. The van der Waals surface area contributed by atoms with Crippen molar-refractivity contribution in [3.8, 4) is 28.3 Å². The lowest BCUT2D eigenvalue weighted by Crippen LogP contribution is -2.25. The summed E-state index contributed by atoms with van der Waals surface area (Å²) in [5, 5.41) is 11.3. The third-order valence-corrected chi connectivity index (χ3v) is 9.11. The summed E-state index contributed by atoms with van der Waals surface area (Å²) < 4.78 is 0. The first-order chi connectivity index (χ1) is 21.7. The Morgan fingerprint density at radius 3 is 2.20 bits per heavy atom. The maximum absolute atomic E-state index is 11.3. The van der Waals surface area contributed by atoms with E-state index in [1.54, 1.807) is 18.3 Å². The zero-order valence-corrected chi connectivity index (χ0v) is 27.6. The van der Waals surface area contributed by atoms with Gasteiger partial charge in [0.05, 0.1) is 11.4 Å². The minimum Gasteiger partial charge on any atom is -0.507 e. The summed E-state index contributed by atoms with van der Waals surface area (Å²) in [4.78, 5) is 12.1. The second kappa shape index (κ2) is 13.3. The van der Waals surface area contributed by atoms with Crippen molar-refractivity contribution in [2.75, 3.05) is 4.90 Å². The molecule has 5 rings (SSSR count). The summed E-state index contributed by atoms with van der Waals surface area (Å²) in [6.45, 7) is 19.1. The predicted octanol–water partition coefficient (Wildman–Crippen LogP) is 11.3. The number of fused-ring (bicyclic) bond motifs is 3. The Hall–Kier alpha value is -4.44. The van der Waals surface area contributed by atoms with Gasteiger partial charge in [-0.1, -0.05) is 110 Å². The van der Waals surface area contributed by atoms with Gasteiger partial charge in [-0.25, -0.2) is 9.98 Å². The smallest absolute Gasteiger partial charge is 0.136 e. The lowest BCUT2D eigenvalue weighted by atomic mass is 9.71. The molecule has 0 atom stereocenters. The van der Waals surface area contributed by atoms with Crippen LogP contribution in [0.15, 0.2) is 109 Å². The van der Waals surface area contributed by atoms with Gasteiger partial charge in [0.1, 0.15) is 11.6 Å². The minimum atomic E-state index is -0.135. The van der Waals surface area contributed by atoms with Crippen LogP contribution in [0.25, 0.3) is 22.5 Å². The first-order valence-corrected chi connectivity index (χ1v) is 16.3. The van der Waals surface area contributed by atoms with Gasteiger partial charge in [0.25, 0.3) is 0 Å². The van der Waals surface area contributed by atoms with Crippen molar-refractivity contribution in [3.63, 3.8) is 0 Å². The van der Waals surface area contributed by atoms with Crippen LogP contribution >= 0.6 is 0 Å². The van der Waals surface area contributed by atoms with E-state index >= 15 is 0 Å². The monoisotopic (exact) mass is 597 g/mol. The number of amidine groups is 1. The van der Waals surface area contributed by atoms with E-state index in [9.17, 15) is 5.11 Å². The van der Waals surface area contributed by atoms with Crippen LogP contribution in [-0.2, 0) is 10.8 Å². The number of nitrogens with zero attached hydrogens (tertiary/aromatic N) is 3. The van der Waals surface area contributed by atoms with Gasteiger partial charge in [-0.3, -0.25) is 4.90 Å². The lowest BCUT2D eigenvalue weighted by Gasteiger charge is -2.32. The van der Waals surface area contributed by atoms with Gasteiger partial charge in [-0.05, 0) is 83.5 Å². The molecule has 1 aromatic heterocycles. The number of benzene rings is 3. The highest BCUT2D eigenvalue weighted by Gasteiger charge is 2.44. The van der Waals surface area contributed by atoms with Crippen molar-refractivity contribution in [2.45, 2.75) is 84.0 Å². The number of aromatic hydroxyl groups is 1. The summed E-state index contributed by atoms with van der Waals surface area (Å²) >= 11 is 0. The van der Waals surface area contributed by atoms with E-state index in [-0.39, 0.29) is 10.8 Å². The normalized spacial score (nSPS) is 13.7. The Morgan fingerprint density at radius 2 is 1.58 bits per heavy atom. The fourth-order valence-electron chi connectivity index (χ4n) is 6.76. The highest BCUT2D eigenvalue weighted by molar-refractivity contribution is 6.11. The van der Waals surface area contributed by atoms with Gasteiger partial charge >= 0.3 is 0 Å². The SMILES string of the molecule is C=C/N=C(\C=C)N(c1ccccc1)c1cc(-c2ccc3c(n2)-c2c(O)cccc2C3(CCCC)CCCC)cc(C(C)(C)C)c1. The van der Waals surface area contributed by atoms with Crippen LogP contribution < -0.4 is 4.90 Å². The number of aliphatic imine (C=N–C) groups is 1. The molecule has 45 heavy (non-hydrogen) atoms. The molecule has 1 N–H and O–H groups in total. The zero-order chi connectivity index (χ0) is 32.2. The van der Waals surface area contributed by atoms with E-state index in [2.05, 4.69) is 106 Å². The summed E-state index contributed by atoms with van der Waals surface area (Å²) in [5.41, 5.74) is 9.05. The highest BCUT2D eigenvalue weighted by Crippen LogP contribution is 2.56. The molecule has 4 heteroatoms. The summed E-state index contributed by atoms with van der Waals surface area (Å²) in [6.07, 6.45) is 9.94. The van der Waals surface area contributed by atoms with Crippen LogP contribution in [0.4, 0.5) is 11.4 Å². The second-order valence-electron chi connectivity index (χ2n) is 13.1. The molecule has 0 saturated heterocycles. The number of unbranched alkanes of at least 4 members (excludes halogenated alkanes) is 2. The summed E-state index contributed by atoms with van der Waals surface area (Å²) in [6, 6.07) is 27.4. The van der Waals surface area contributed by atoms with Crippen LogP contribution in [0, 0.1) is 0 Å². The fraction of sp³-hybridized carbons (Fsp3) is 0.317. The van der Waals surface area contributed by atoms with Crippen molar-refractivity contribution in [2.24, 2.45) is 4.99 Å². The number of rotatable bonds is 11. The molecule has 1 aliphatic rings. The molecule has 3 aromatic carbocycles. The van der Waals surface area contributed by atoms with E-state index in [0.717, 1.165) is 72.4 Å². The standard InChI is InChI=1S/C41H47N3O/c1-8-12-24-41(25-13-9-2)33-20-17-21-36(45)38(33)39-34(41)22-23-35(43-39)29-26-30(40(5,6)7)28-32(27-29)44(37(10-3)42-11-4)31-18-15-14-16-19-31/h10-11,14-23,26-28,45H,3-4,8-9,12-13,24-25H2,1-2,5-7H3/b42-37+. The Bertz CT molecular complexity index is 1700. The maximum Gasteiger partial charge on any atom is 0.136 e. The van der Waals surface area contributed by atoms with Gasteiger partial charge in [-0.15, -0.1) is 0 Å². The molecule has 0 aliphatic heterocycles. The lowest BCUT2D eigenvalue weighted by molar-refractivity contribution is 0.412. The van der Waals surface area contributed by atoms with Crippen LogP contribution in [0.3, 0.4) is 0 Å². The Kier molecular flexibility index (Phi) is 9.43. The molecule has 0 saturated carbocycles. The molecule has 0 radical (unpaired) electrons. The number of phenols is 1. The number of hydrogen-bond donors (Lipinski definition) is 1. The number of anilines is 2. The Balaban J connectivity index is 1.75. The number of phenolic OH excluding ortho intramolecular Hbond substituents is 1. The molecule has 0 fully saturated rings. The third-order valence-electron chi connectivity index (χ3n) is 9.11. The van der Waals surface area contributed by atoms with Crippen molar-refractivity contribution in [1.82, 2.24) is 4.98 Å². The van der Waals surface area contributed by atoms with Gasteiger partial charge in [0.2, 0.25) is 0 Å². The molecule has 0 bridgehead atoms. The average molecular weight is 598 g/mol. The van der Waals surface area contributed by atoms with Crippen LogP contribution in [0.5, 0.6) is 5.75 Å². The molecular weight excluding hydrogens is 550 g/mol. The average Bonchev–Trinajstić information content (AvgIpc) is 3.32. The molecule has 0 spiro atoms. The van der Waals surface area contributed by atoms with E-state index < -0.39 is 0 Å².